The Kier molecular flexibility index (Phi) is 4.11. The molecule has 0 unspecified atom stereocenters. The first-order valence-electron chi connectivity index (χ1n) is 5.77. The number of halogens is 1. The van der Waals surface area contributed by atoms with E-state index in [2.05, 4.69) is 10.3 Å². The zero-order valence-corrected chi connectivity index (χ0v) is 11.4. The Morgan fingerprint density at radius 2 is 2.11 bits per heavy atom. The third-order valence-corrected chi connectivity index (χ3v) is 3.25. The van der Waals surface area contributed by atoms with Crippen LogP contribution in [0.4, 0.5) is 15.2 Å². The van der Waals surface area contributed by atoms with Crippen molar-refractivity contribution in [1.29, 1.82) is 0 Å². The quantitative estimate of drug-likeness (QED) is 0.871. The first-order chi connectivity index (χ1) is 9.10. The van der Waals surface area contributed by atoms with Crippen molar-refractivity contribution in [3.05, 3.63) is 40.7 Å². The zero-order chi connectivity index (χ0) is 13.8. The van der Waals surface area contributed by atoms with Crippen molar-refractivity contribution in [2.75, 3.05) is 11.9 Å². The highest BCUT2D eigenvalue weighted by molar-refractivity contribution is 7.15. The summed E-state index contributed by atoms with van der Waals surface area (Å²) in [6, 6.07) is 5.93. The number of aryl methyl sites for hydroxylation is 1. The number of thiazole rings is 1. The minimum Gasteiger partial charge on any atom is -0.461 e. The van der Waals surface area contributed by atoms with Gasteiger partial charge in [-0.25, -0.2) is 14.2 Å². The molecular weight excluding hydrogens is 267 g/mol. The van der Waals surface area contributed by atoms with Gasteiger partial charge in [0.2, 0.25) is 0 Å². The van der Waals surface area contributed by atoms with E-state index in [1.165, 1.54) is 23.5 Å². The Balaban J connectivity index is 2.16. The molecule has 0 aliphatic carbocycles. The summed E-state index contributed by atoms with van der Waals surface area (Å²) >= 11 is 1.35. The van der Waals surface area contributed by atoms with Crippen molar-refractivity contribution >= 4 is 28.1 Å². The Labute approximate surface area is 114 Å². The normalized spacial score (nSPS) is 10.3. The molecule has 0 aliphatic rings. The van der Waals surface area contributed by atoms with Crippen molar-refractivity contribution in [3.63, 3.8) is 0 Å². The van der Waals surface area contributed by atoms with Crippen LogP contribution in [0.3, 0.4) is 0 Å². The topological polar surface area (TPSA) is 51.2 Å². The first-order valence-corrected chi connectivity index (χ1v) is 6.59. The van der Waals surface area contributed by atoms with Crippen LogP contribution in [-0.4, -0.2) is 17.6 Å². The van der Waals surface area contributed by atoms with Crippen molar-refractivity contribution in [3.8, 4) is 0 Å². The minimum absolute atomic E-state index is 0.298. The van der Waals surface area contributed by atoms with Gasteiger partial charge in [-0.3, -0.25) is 0 Å². The van der Waals surface area contributed by atoms with Gasteiger partial charge in [0.05, 0.1) is 6.61 Å². The molecule has 0 saturated carbocycles. The molecule has 0 fully saturated rings. The summed E-state index contributed by atoms with van der Waals surface area (Å²) in [6.07, 6.45) is 0. The van der Waals surface area contributed by atoms with E-state index in [-0.39, 0.29) is 5.82 Å². The average Bonchev–Trinajstić information content (AvgIpc) is 2.74. The molecule has 100 valence electrons. The molecule has 6 heteroatoms. The SMILES string of the molecule is CCOC(=O)c1nc(Nc2ccc(F)cc2)sc1C. The van der Waals surface area contributed by atoms with Gasteiger partial charge < -0.3 is 10.1 Å². The van der Waals surface area contributed by atoms with Gasteiger partial charge in [0.25, 0.3) is 0 Å². The van der Waals surface area contributed by atoms with E-state index in [1.807, 2.05) is 0 Å². The molecule has 1 aromatic carbocycles. The van der Waals surface area contributed by atoms with Crippen molar-refractivity contribution in [1.82, 2.24) is 4.98 Å². The fourth-order valence-electron chi connectivity index (χ4n) is 1.50. The highest BCUT2D eigenvalue weighted by Crippen LogP contribution is 2.25. The fourth-order valence-corrected chi connectivity index (χ4v) is 2.32. The van der Waals surface area contributed by atoms with Gasteiger partial charge in [0.15, 0.2) is 10.8 Å². The highest BCUT2D eigenvalue weighted by atomic mass is 32.1. The molecule has 0 aliphatic heterocycles. The lowest BCUT2D eigenvalue weighted by Crippen LogP contribution is -2.06. The lowest BCUT2D eigenvalue weighted by atomic mass is 10.3. The zero-order valence-electron chi connectivity index (χ0n) is 10.6. The second kappa shape index (κ2) is 5.79. The van der Waals surface area contributed by atoms with Crippen LogP contribution in [-0.2, 0) is 4.74 Å². The summed E-state index contributed by atoms with van der Waals surface area (Å²) in [4.78, 5) is 16.6. The van der Waals surface area contributed by atoms with Crippen LogP contribution in [0.5, 0.6) is 0 Å². The van der Waals surface area contributed by atoms with E-state index in [0.717, 1.165) is 4.88 Å². The molecule has 0 atom stereocenters. The standard InChI is InChI=1S/C13H13FN2O2S/c1-3-18-12(17)11-8(2)19-13(16-11)15-10-6-4-9(14)5-7-10/h4-7H,3H2,1-2H3,(H,15,16). The van der Waals surface area contributed by atoms with Gasteiger partial charge >= 0.3 is 5.97 Å². The molecule has 2 aromatic rings. The van der Waals surface area contributed by atoms with Crippen molar-refractivity contribution < 1.29 is 13.9 Å². The van der Waals surface area contributed by atoms with E-state index >= 15 is 0 Å². The Hall–Kier alpha value is -1.95. The highest BCUT2D eigenvalue weighted by Gasteiger charge is 2.16. The molecule has 1 aromatic heterocycles. The van der Waals surface area contributed by atoms with E-state index in [9.17, 15) is 9.18 Å². The van der Waals surface area contributed by atoms with Gasteiger partial charge in [-0.15, -0.1) is 11.3 Å². The number of anilines is 2. The molecule has 0 saturated heterocycles. The van der Waals surface area contributed by atoms with Gasteiger partial charge in [-0.1, -0.05) is 0 Å². The van der Waals surface area contributed by atoms with E-state index in [1.54, 1.807) is 26.0 Å². The third-order valence-electron chi connectivity index (χ3n) is 2.36. The maximum atomic E-state index is 12.8. The first kappa shape index (κ1) is 13.5. The minimum atomic E-state index is -0.427. The molecule has 2 rings (SSSR count). The predicted molar refractivity (Wildman–Crippen MR) is 72.5 cm³/mol. The summed E-state index contributed by atoms with van der Waals surface area (Å²) in [6.45, 7) is 3.87. The van der Waals surface area contributed by atoms with Crippen molar-refractivity contribution in [2.24, 2.45) is 0 Å². The second-order valence-electron chi connectivity index (χ2n) is 3.78. The molecule has 0 spiro atoms. The van der Waals surface area contributed by atoms with E-state index < -0.39 is 5.97 Å². The summed E-state index contributed by atoms with van der Waals surface area (Å²) < 4.78 is 17.7. The monoisotopic (exact) mass is 280 g/mol. The lowest BCUT2D eigenvalue weighted by Gasteiger charge is -2.01. The molecule has 1 heterocycles. The van der Waals surface area contributed by atoms with Crippen LogP contribution in [0.25, 0.3) is 0 Å². The van der Waals surface area contributed by atoms with Gasteiger partial charge in [0, 0.05) is 10.6 Å². The summed E-state index contributed by atoms with van der Waals surface area (Å²) in [7, 11) is 0. The second-order valence-corrected chi connectivity index (χ2v) is 4.98. The number of carbonyl (C=O) groups excluding carboxylic acids is 1. The number of hydrogen-bond donors (Lipinski definition) is 1. The van der Waals surface area contributed by atoms with Crippen LogP contribution in [0.2, 0.25) is 0 Å². The number of hydrogen-bond acceptors (Lipinski definition) is 5. The number of nitrogens with zero attached hydrogens (tertiary/aromatic N) is 1. The molecule has 0 amide bonds. The predicted octanol–water partition coefficient (Wildman–Crippen LogP) is 3.51. The molecule has 4 nitrogen and oxygen atoms in total. The Bertz CT molecular complexity index is 581. The molecule has 0 bridgehead atoms. The average molecular weight is 280 g/mol. The van der Waals surface area contributed by atoms with Crippen LogP contribution < -0.4 is 5.32 Å². The third kappa shape index (κ3) is 3.29. The number of esters is 1. The van der Waals surface area contributed by atoms with Crippen molar-refractivity contribution in [2.45, 2.75) is 13.8 Å². The Morgan fingerprint density at radius 3 is 2.74 bits per heavy atom. The van der Waals surface area contributed by atoms with Gasteiger partial charge in [-0.05, 0) is 38.1 Å². The largest absolute Gasteiger partial charge is 0.461 e. The fraction of sp³-hybridized carbons (Fsp3) is 0.231. The summed E-state index contributed by atoms with van der Waals surface area (Å²) in [5.74, 6) is -0.725. The van der Waals surface area contributed by atoms with Gasteiger partial charge in [-0.2, -0.15) is 0 Å². The maximum absolute atomic E-state index is 12.8. The number of benzene rings is 1. The van der Waals surface area contributed by atoms with Crippen LogP contribution in [0.15, 0.2) is 24.3 Å². The lowest BCUT2D eigenvalue weighted by molar-refractivity contribution is 0.0519. The smallest absolute Gasteiger partial charge is 0.358 e. The number of nitrogens with one attached hydrogen (secondary N) is 1. The molecular formula is C13H13FN2O2S. The van der Waals surface area contributed by atoms with E-state index in [4.69, 9.17) is 4.74 Å². The molecule has 1 N–H and O–H groups in total. The van der Waals surface area contributed by atoms with E-state index in [0.29, 0.717) is 23.1 Å². The summed E-state index contributed by atoms with van der Waals surface area (Å²) in [5.41, 5.74) is 1.03. The van der Waals surface area contributed by atoms with Crippen LogP contribution in [0, 0.1) is 12.7 Å². The summed E-state index contributed by atoms with van der Waals surface area (Å²) in [5, 5.41) is 3.60. The Morgan fingerprint density at radius 1 is 1.42 bits per heavy atom. The number of aromatic nitrogens is 1. The van der Waals surface area contributed by atoms with Gasteiger partial charge in [0.1, 0.15) is 5.82 Å². The van der Waals surface area contributed by atoms with Crippen LogP contribution >= 0.6 is 11.3 Å². The maximum Gasteiger partial charge on any atom is 0.358 e. The molecule has 19 heavy (non-hydrogen) atoms. The molecule has 0 radical (unpaired) electrons. The number of rotatable bonds is 4. The van der Waals surface area contributed by atoms with Crippen LogP contribution in [0.1, 0.15) is 22.3 Å². The number of ether oxygens (including phenoxy) is 1. The number of carbonyl (C=O) groups is 1.